The van der Waals surface area contributed by atoms with Crippen LogP contribution < -0.4 is 10.2 Å². The van der Waals surface area contributed by atoms with Crippen molar-refractivity contribution in [2.24, 2.45) is 0 Å². The molecule has 3 aliphatic heterocycles. The van der Waals surface area contributed by atoms with Crippen molar-refractivity contribution in [1.82, 2.24) is 5.48 Å². The zero-order chi connectivity index (χ0) is 23.0. The number of thioether (sulfide) groups is 1. The van der Waals surface area contributed by atoms with Crippen LogP contribution >= 0.6 is 11.8 Å². The molecule has 0 aromatic heterocycles. The lowest BCUT2D eigenvalue weighted by Gasteiger charge is -2.45. The SMILES string of the molecule is CC1OC(Oc2ccc(CC3NOC4C(OC(CO)C(O)C4O)S3)cc2)C(O)C(O)C1O. The number of hydrogen-bond acceptors (Lipinski definition) is 12. The number of ether oxygens (including phenoxy) is 3. The van der Waals surface area contributed by atoms with E-state index in [0.717, 1.165) is 5.56 Å². The molecule has 3 fully saturated rings. The average Bonchev–Trinajstić information content (AvgIpc) is 2.79. The summed E-state index contributed by atoms with van der Waals surface area (Å²) in [7, 11) is 0. The van der Waals surface area contributed by atoms with Gasteiger partial charge in [-0.15, -0.1) is 11.8 Å². The number of benzene rings is 1. The molecule has 11 nitrogen and oxygen atoms in total. The third-order valence-corrected chi connectivity index (χ3v) is 7.10. The van der Waals surface area contributed by atoms with E-state index in [1.807, 2.05) is 12.1 Å². The van der Waals surface area contributed by atoms with Gasteiger partial charge in [0.15, 0.2) is 0 Å². The first kappa shape index (κ1) is 24.1. The Morgan fingerprint density at radius 1 is 0.938 bits per heavy atom. The normalized spacial score (nSPS) is 44.7. The maximum absolute atomic E-state index is 10.2. The highest BCUT2D eigenvalue weighted by Crippen LogP contribution is 2.36. The van der Waals surface area contributed by atoms with E-state index in [1.165, 1.54) is 11.8 Å². The third-order valence-electron chi connectivity index (χ3n) is 5.86. The van der Waals surface area contributed by atoms with Crippen LogP contribution in [-0.2, 0) is 20.7 Å². The third kappa shape index (κ3) is 4.91. The summed E-state index contributed by atoms with van der Waals surface area (Å²) in [5.74, 6) is 0.424. The maximum atomic E-state index is 10.2. The molecule has 0 aliphatic carbocycles. The molecule has 3 aliphatic rings. The minimum absolute atomic E-state index is 0.203. The van der Waals surface area contributed by atoms with Crippen molar-refractivity contribution in [1.29, 1.82) is 0 Å². The molecule has 3 saturated heterocycles. The van der Waals surface area contributed by atoms with Crippen LogP contribution in [0.3, 0.4) is 0 Å². The van der Waals surface area contributed by atoms with Crippen LogP contribution in [0.5, 0.6) is 5.75 Å². The molecule has 3 heterocycles. The van der Waals surface area contributed by atoms with Crippen molar-refractivity contribution in [3.05, 3.63) is 29.8 Å². The van der Waals surface area contributed by atoms with Gasteiger partial charge in [0.2, 0.25) is 6.29 Å². The second-order valence-corrected chi connectivity index (χ2v) is 9.48. The lowest BCUT2D eigenvalue weighted by Crippen LogP contribution is -2.62. The van der Waals surface area contributed by atoms with Gasteiger partial charge in [0.05, 0.1) is 18.1 Å². The summed E-state index contributed by atoms with van der Waals surface area (Å²) in [6.07, 6.45) is -9.25. The Balaban J connectivity index is 1.32. The van der Waals surface area contributed by atoms with Gasteiger partial charge in [-0.05, 0) is 31.0 Å². The molecule has 1 aromatic rings. The Kier molecular flexibility index (Phi) is 7.59. The number of hydroxylamine groups is 1. The van der Waals surface area contributed by atoms with Gasteiger partial charge in [-0.3, -0.25) is 4.84 Å². The molecule has 7 N–H and O–H groups in total. The second-order valence-electron chi connectivity index (χ2n) is 8.18. The number of aliphatic hydroxyl groups is 6. The van der Waals surface area contributed by atoms with E-state index >= 15 is 0 Å². The van der Waals surface area contributed by atoms with Gasteiger partial charge in [-0.25, -0.2) is 0 Å². The average molecular weight is 476 g/mol. The Hall–Kier alpha value is -1.03. The van der Waals surface area contributed by atoms with Crippen molar-refractivity contribution < 1.29 is 49.7 Å². The fraction of sp³-hybridized carbons (Fsp3) is 0.700. The molecular formula is C20H29NO10S. The predicted molar refractivity (Wildman–Crippen MR) is 110 cm³/mol. The molecule has 0 amide bonds. The molecule has 0 saturated carbocycles. The summed E-state index contributed by atoms with van der Waals surface area (Å²) >= 11 is 1.39. The van der Waals surface area contributed by atoms with Crippen LogP contribution in [0.15, 0.2) is 24.3 Å². The molecule has 4 rings (SSSR count). The van der Waals surface area contributed by atoms with Crippen LogP contribution in [-0.4, -0.2) is 103 Å². The van der Waals surface area contributed by atoms with Gasteiger partial charge in [-0.2, -0.15) is 5.48 Å². The zero-order valence-corrected chi connectivity index (χ0v) is 18.1. The van der Waals surface area contributed by atoms with Crippen molar-refractivity contribution in [2.75, 3.05) is 6.61 Å². The second kappa shape index (κ2) is 10.1. The van der Waals surface area contributed by atoms with Gasteiger partial charge in [-0.1, -0.05) is 12.1 Å². The van der Waals surface area contributed by atoms with Crippen LogP contribution in [0.4, 0.5) is 0 Å². The number of fused-ring (bicyclic) bond motifs is 1. The quantitative estimate of drug-likeness (QED) is 0.246. The smallest absolute Gasteiger partial charge is 0.229 e. The van der Waals surface area contributed by atoms with Crippen molar-refractivity contribution in [3.8, 4) is 5.75 Å². The molecule has 32 heavy (non-hydrogen) atoms. The van der Waals surface area contributed by atoms with E-state index in [4.69, 9.17) is 19.0 Å². The van der Waals surface area contributed by atoms with E-state index in [1.54, 1.807) is 19.1 Å². The molecule has 1 aromatic carbocycles. The first-order chi connectivity index (χ1) is 15.3. The molecule has 0 spiro atoms. The molecule has 0 radical (unpaired) electrons. The van der Waals surface area contributed by atoms with E-state index in [2.05, 4.69) is 5.48 Å². The van der Waals surface area contributed by atoms with Crippen LogP contribution in [0.2, 0.25) is 0 Å². The highest BCUT2D eigenvalue weighted by atomic mass is 32.2. The molecular weight excluding hydrogens is 446 g/mol. The van der Waals surface area contributed by atoms with E-state index in [9.17, 15) is 30.6 Å². The first-order valence-electron chi connectivity index (χ1n) is 10.4. The van der Waals surface area contributed by atoms with Crippen LogP contribution in [0.1, 0.15) is 12.5 Å². The summed E-state index contributed by atoms with van der Waals surface area (Å²) in [6.45, 7) is 1.18. The van der Waals surface area contributed by atoms with E-state index in [-0.39, 0.29) is 5.37 Å². The lowest BCUT2D eigenvalue weighted by atomic mass is 10.00. The van der Waals surface area contributed by atoms with Gasteiger partial charge in [0.1, 0.15) is 53.9 Å². The fourth-order valence-electron chi connectivity index (χ4n) is 3.89. The highest BCUT2D eigenvalue weighted by molar-refractivity contribution is 8.00. The zero-order valence-electron chi connectivity index (χ0n) is 17.3. The number of hydrogen-bond donors (Lipinski definition) is 7. The van der Waals surface area contributed by atoms with Gasteiger partial charge >= 0.3 is 0 Å². The Morgan fingerprint density at radius 2 is 1.66 bits per heavy atom. The number of rotatable bonds is 5. The number of nitrogens with one attached hydrogen (secondary N) is 1. The van der Waals surface area contributed by atoms with Gasteiger partial charge in [0, 0.05) is 0 Å². The fourth-order valence-corrected chi connectivity index (χ4v) is 5.19. The summed E-state index contributed by atoms with van der Waals surface area (Å²) in [6, 6.07) is 7.04. The van der Waals surface area contributed by atoms with Gasteiger partial charge < -0.3 is 44.8 Å². The van der Waals surface area contributed by atoms with Crippen molar-refractivity contribution >= 4 is 11.8 Å². The summed E-state index contributed by atoms with van der Waals surface area (Å²) in [5.41, 5.74) is 3.25. The Labute approximate surface area is 188 Å². The standard InChI is InChI=1S/C20H29NO10S/c1-8-13(23)15(25)17(27)19(28-8)29-10-4-2-9(3-5-10)6-12-21-31-18-16(26)14(24)11(7-22)30-20(18)32-12/h2-5,8,11-27H,6-7H2,1H3. The van der Waals surface area contributed by atoms with Crippen molar-refractivity contribution in [2.45, 2.75) is 79.3 Å². The molecule has 12 heteroatoms. The van der Waals surface area contributed by atoms with Crippen LogP contribution in [0.25, 0.3) is 0 Å². The van der Waals surface area contributed by atoms with Gasteiger partial charge in [0.25, 0.3) is 0 Å². The summed E-state index contributed by atoms with van der Waals surface area (Å²) in [4.78, 5) is 5.51. The van der Waals surface area contributed by atoms with Crippen LogP contribution in [0, 0.1) is 0 Å². The van der Waals surface area contributed by atoms with E-state index in [0.29, 0.717) is 12.2 Å². The Bertz CT molecular complexity index is 756. The molecule has 180 valence electrons. The largest absolute Gasteiger partial charge is 0.462 e. The molecule has 0 bridgehead atoms. The van der Waals surface area contributed by atoms with Crippen molar-refractivity contribution in [3.63, 3.8) is 0 Å². The summed E-state index contributed by atoms with van der Waals surface area (Å²) in [5, 5.41) is 59.0. The maximum Gasteiger partial charge on any atom is 0.229 e. The minimum atomic E-state index is -1.39. The lowest BCUT2D eigenvalue weighted by molar-refractivity contribution is -0.268. The minimum Gasteiger partial charge on any atom is -0.462 e. The van der Waals surface area contributed by atoms with E-state index < -0.39 is 67.2 Å². The first-order valence-corrected chi connectivity index (χ1v) is 11.4. The monoisotopic (exact) mass is 475 g/mol. The predicted octanol–water partition coefficient (Wildman–Crippen LogP) is -2.16. The number of aliphatic hydroxyl groups excluding tert-OH is 6. The Morgan fingerprint density at radius 3 is 2.34 bits per heavy atom. The highest BCUT2D eigenvalue weighted by Gasteiger charge is 2.48. The molecule has 11 unspecified atom stereocenters. The summed E-state index contributed by atoms with van der Waals surface area (Å²) < 4.78 is 16.7. The topological polar surface area (TPSA) is 170 Å². The molecule has 11 atom stereocenters.